The van der Waals surface area contributed by atoms with Gasteiger partial charge in [-0.05, 0) is 41.4 Å². The molecule has 1 atom stereocenters. The summed E-state index contributed by atoms with van der Waals surface area (Å²) < 4.78 is 18.1. The summed E-state index contributed by atoms with van der Waals surface area (Å²) in [7, 11) is 0. The van der Waals surface area contributed by atoms with E-state index in [0.29, 0.717) is 11.3 Å². The molecule has 0 radical (unpaired) electrons. The molecule has 1 unspecified atom stereocenters. The average Bonchev–Trinajstić information content (AvgIpc) is 2.64. The van der Waals surface area contributed by atoms with Crippen LogP contribution in [0.2, 0.25) is 5.22 Å². The van der Waals surface area contributed by atoms with Crippen molar-refractivity contribution in [2.75, 3.05) is 0 Å². The van der Waals surface area contributed by atoms with Gasteiger partial charge in [0.2, 0.25) is 0 Å². The topological polar surface area (TPSA) is 39.2 Å². The lowest BCUT2D eigenvalue weighted by atomic mass is 10.1. The molecule has 4 heteroatoms. The predicted octanol–water partition coefficient (Wildman–Crippen LogP) is 3.12. The molecular weight excluding hydrogens is 217 g/mol. The van der Waals surface area contributed by atoms with Gasteiger partial charge in [0.25, 0.3) is 0 Å². The van der Waals surface area contributed by atoms with Crippen molar-refractivity contribution in [1.82, 2.24) is 0 Å². The Hall–Kier alpha value is -1.32. The summed E-state index contributed by atoms with van der Waals surface area (Å²) in [6.45, 7) is 0. The minimum absolute atomic E-state index is 0.275. The average molecular weight is 226 g/mol. The van der Waals surface area contributed by atoms with Gasteiger partial charge in [-0.15, -0.1) is 0 Å². The van der Waals surface area contributed by atoms with Crippen molar-refractivity contribution in [3.63, 3.8) is 0 Å². The van der Waals surface area contributed by atoms with Crippen LogP contribution in [0.4, 0.5) is 4.39 Å². The van der Waals surface area contributed by atoms with Crippen molar-refractivity contribution in [2.45, 2.75) is 6.04 Å². The Labute approximate surface area is 91.5 Å². The number of hydrogen-bond acceptors (Lipinski definition) is 2. The molecule has 0 aliphatic rings. The van der Waals surface area contributed by atoms with Crippen LogP contribution in [0.5, 0.6) is 0 Å². The highest BCUT2D eigenvalue weighted by molar-refractivity contribution is 6.28. The Bertz CT molecular complexity index is 469. The second-order valence-electron chi connectivity index (χ2n) is 3.17. The highest BCUT2D eigenvalue weighted by Gasteiger charge is 2.13. The highest BCUT2D eigenvalue weighted by atomic mass is 35.5. The fraction of sp³-hybridized carbons (Fsp3) is 0.0909. The van der Waals surface area contributed by atoms with Crippen LogP contribution in [0.3, 0.4) is 0 Å². The first-order valence-electron chi connectivity index (χ1n) is 4.43. The molecule has 2 rings (SSSR count). The van der Waals surface area contributed by atoms with E-state index in [2.05, 4.69) is 0 Å². The molecule has 0 saturated heterocycles. The maximum atomic E-state index is 12.9. The number of nitrogens with two attached hydrogens (primary N) is 1. The highest BCUT2D eigenvalue weighted by Crippen LogP contribution is 2.24. The van der Waals surface area contributed by atoms with E-state index in [9.17, 15) is 4.39 Å². The zero-order valence-electron chi connectivity index (χ0n) is 7.78. The Balaban J connectivity index is 2.32. The Kier molecular flexibility index (Phi) is 2.75. The minimum Gasteiger partial charge on any atom is -0.448 e. The van der Waals surface area contributed by atoms with Gasteiger partial charge in [0.05, 0.1) is 6.04 Å². The van der Waals surface area contributed by atoms with Crippen molar-refractivity contribution >= 4 is 11.6 Å². The van der Waals surface area contributed by atoms with Crippen LogP contribution in [0.25, 0.3) is 0 Å². The third kappa shape index (κ3) is 2.19. The zero-order chi connectivity index (χ0) is 10.8. The fourth-order valence-corrected chi connectivity index (χ4v) is 1.51. The van der Waals surface area contributed by atoms with E-state index < -0.39 is 6.04 Å². The molecule has 0 aliphatic carbocycles. The number of hydrogen-bond donors (Lipinski definition) is 1. The van der Waals surface area contributed by atoms with Gasteiger partial charge in [0.1, 0.15) is 11.6 Å². The molecule has 1 aromatic heterocycles. The number of furan rings is 1. The van der Waals surface area contributed by atoms with Crippen molar-refractivity contribution in [3.8, 4) is 0 Å². The van der Waals surface area contributed by atoms with Crippen LogP contribution in [0.1, 0.15) is 17.4 Å². The van der Waals surface area contributed by atoms with E-state index in [-0.39, 0.29) is 11.0 Å². The van der Waals surface area contributed by atoms with Crippen LogP contribution in [0.15, 0.2) is 40.8 Å². The SMILES string of the molecule is NC(c1cccc(F)c1)c1ccc(Cl)o1. The molecule has 78 valence electrons. The van der Waals surface area contributed by atoms with Gasteiger partial charge in [-0.2, -0.15) is 0 Å². The van der Waals surface area contributed by atoms with E-state index in [1.807, 2.05) is 0 Å². The van der Waals surface area contributed by atoms with Gasteiger partial charge in [0.15, 0.2) is 5.22 Å². The van der Waals surface area contributed by atoms with Gasteiger partial charge >= 0.3 is 0 Å². The van der Waals surface area contributed by atoms with Crippen molar-refractivity contribution in [3.05, 3.63) is 58.8 Å². The first kappa shape index (κ1) is 10.2. The maximum Gasteiger partial charge on any atom is 0.193 e. The fourth-order valence-electron chi connectivity index (χ4n) is 1.36. The summed E-state index contributed by atoms with van der Waals surface area (Å²) in [5.74, 6) is 0.200. The Morgan fingerprint density at radius 2 is 2.07 bits per heavy atom. The minimum atomic E-state index is -0.492. The first-order valence-corrected chi connectivity index (χ1v) is 4.81. The van der Waals surface area contributed by atoms with Crippen molar-refractivity contribution in [2.24, 2.45) is 5.73 Å². The number of benzene rings is 1. The monoisotopic (exact) mass is 225 g/mol. The van der Waals surface area contributed by atoms with E-state index in [1.165, 1.54) is 12.1 Å². The summed E-state index contributed by atoms with van der Waals surface area (Å²) in [6, 6.07) is 8.88. The summed E-state index contributed by atoms with van der Waals surface area (Å²) in [5, 5.41) is 0.275. The Morgan fingerprint density at radius 3 is 2.67 bits per heavy atom. The van der Waals surface area contributed by atoms with Crippen LogP contribution >= 0.6 is 11.6 Å². The maximum absolute atomic E-state index is 12.9. The Morgan fingerprint density at radius 1 is 1.27 bits per heavy atom. The smallest absolute Gasteiger partial charge is 0.193 e. The van der Waals surface area contributed by atoms with Crippen LogP contribution < -0.4 is 5.73 Å². The summed E-state index contributed by atoms with van der Waals surface area (Å²) >= 11 is 5.63. The third-order valence-corrected chi connectivity index (χ3v) is 2.31. The molecule has 2 nitrogen and oxygen atoms in total. The molecule has 0 amide bonds. The second kappa shape index (κ2) is 4.04. The van der Waals surface area contributed by atoms with E-state index in [1.54, 1.807) is 24.3 Å². The van der Waals surface area contributed by atoms with Gasteiger partial charge < -0.3 is 10.2 Å². The molecule has 1 heterocycles. The lowest BCUT2D eigenvalue weighted by Crippen LogP contribution is -2.10. The first-order chi connectivity index (χ1) is 7.16. The molecule has 0 aliphatic heterocycles. The summed E-state index contributed by atoms with van der Waals surface area (Å²) in [4.78, 5) is 0. The molecule has 2 N–H and O–H groups in total. The van der Waals surface area contributed by atoms with Crippen molar-refractivity contribution < 1.29 is 8.81 Å². The van der Waals surface area contributed by atoms with E-state index in [0.717, 1.165) is 0 Å². The number of halogens is 2. The van der Waals surface area contributed by atoms with E-state index in [4.69, 9.17) is 21.8 Å². The summed E-state index contributed by atoms with van der Waals surface area (Å²) in [6.07, 6.45) is 0. The normalized spacial score (nSPS) is 12.7. The molecule has 1 aromatic carbocycles. The molecule has 0 saturated carbocycles. The van der Waals surface area contributed by atoms with Crippen LogP contribution in [-0.2, 0) is 0 Å². The molecular formula is C11H9ClFNO. The van der Waals surface area contributed by atoms with Crippen LogP contribution in [-0.4, -0.2) is 0 Å². The standard InChI is InChI=1S/C11H9ClFNO/c12-10-5-4-9(15-10)11(14)7-2-1-3-8(13)6-7/h1-6,11H,14H2. The largest absolute Gasteiger partial charge is 0.448 e. The van der Waals surface area contributed by atoms with Gasteiger partial charge in [-0.25, -0.2) is 4.39 Å². The quantitative estimate of drug-likeness (QED) is 0.853. The molecule has 15 heavy (non-hydrogen) atoms. The predicted molar refractivity (Wildman–Crippen MR) is 56.1 cm³/mol. The zero-order valence-corrected chi connectivity index (χ0v) is 8.54. The molecule has 0 fully saturated rings. The number of rotatable bonds is 2. The lowest BCUT2D eigenvalue weighted by molar-refractivity contribution is 0.490. The lowest BCUT2D eigenvalue weighted by Gasteiger charge is -2.08. The van der Waals surface area contributed by atoms with Gasteiger partial charge in [0, 0.05) is 0 Å². The second-order valence-corrected chi connectivity index (χ2v) is 3.55. The van der Waals surface area contributed by atoms with Gasteiger partial charge in [-0.1, -0.05) is 12.1 Å². The molecule has 2 aromatic rings. The van der Waals surface area contributed by atoms with E-state index >= 15 is 0 Å². The van der Waals surface area contributed by atoms with Crippen LogP contribution in [0, 0.1) is 5.82 Å². The summed E-state index contributed by atoms with van der Waals surface area (Å²) in [5.41, 5.74) is 6.53. The molecule has 0 bridgehead atoms. The third-order valence-electron chi connectivity index (χ3n) is 2.11. The molecule has 0 spiro atoms. The van der Waals surface area contributed by atoms with Crippen molar-refractivity contribution in [1.29, 1.82) is 0 Å². The van der Waals surface area contributed by atoms with Gasteiger partial charge in [-0.3, -0.25) is 0 Å².